The normalized spacial score (nSPS) is 16.1. The van der Waals surface area contributed by atoms with Gasteiger partial charge in [0.1, 0.15) is 5.75 Å². The van der Waals surface area contributed by atoms with Crippen LogP contribution in [-0.4, -0.2) is 42.2 Å². The summed E-state index contributed by atoms with van der Waals surface area (Å²) in [7, 11) is 0. The van der Waals surface area contributed by atoms with Crippen LogP contribution in [-0.2, 0) is 20.8 Å². The van der Waals surface area contributed by atoms with Crippen LogP contribution in [0.4, 0.5) is 0 Å². The molecule has 0 amide bonds. The molecule has 0 bridgehead atoms. The number of hydrogen-bond donors (Lipinski definition) is 0. The summed E-state index contributed by atoms with van der Waals surface area (Å²) in [6.45, 7) is 8.84. The van der Waals surface area contributed by atoms with Crippen LogP contribution in [0.15, 0.2) is 24.3 Å². The minimum atomic E-state index is -0.563. The Morgan fingerprint density at radius 2 is 1.97 bits per heavy atom. The van der Waals surface area contributed by atoms with Crippen molar-refractivity contribution in [3.05, 3.63) is 52.3 Å². The molecule has 6 nitrogen and oxygen atoms in total. The largest absolute Gasteiger partial charge is 0.482 e. The maximum Gasteiger partial charge on any atom is 0.344 e. The average molecular weight is 399 g/mol. The summed E-state index contributed by atoms with van der Waals surface area (Å²) in [6.07, 6.45) is 2.32. The van der Waals surface area contributed by atoms with E-state index in [0.717, 1.165) is 48.5 Å². The number of nitrogens with zero attached hydrogens (tertiary/aromatic N) is 1. The van der Waals surface area contributed by atoms with Gasteiger partial charge in [-0.2, -0.15) is 0 Å². The number of rotatable bonds is 8. The number of ether oxygens (including phenoxy) is 3. The fourth-order valence-electron chi connectivity index (χ4n) is 3.64. The van der Waals surface area contributed by atoms with Gasteiger partial charge in [-0.3, -0.25) is 4.79 Å². The lowest BCUT2D eigenvalue weighted by Gasteiger charge is -2.14. The van der Waals surface area contributed by atoms with Gasteiger partial charge in [0.2, 0.25) is 5.78 Å². The first kappa shape index (κ1) is 21.1. The number of benzene rings is 1. The predicted octanol–water partition coefficient (Wildman–Crippen LogP) is 3.71. The van der Waals surface area contributed by atoms with Gasteiger partial charge in [-0.1, -0.05) is 12.1 Å². The summed E-state index contributed by atoms with van der Waals surface area (Å²) in [5.41, 5.74) is 4.54. The van der Waals surface area contributed by atoms with Crippen molar-refractivity contribution in [2.45, 2.75) is 53.2 Å². The van der Waals surface area contributed by atoms with Crippen molar-refractivity contribution in [3.8, 4) is 5.75 Å². The molecule has 1 fully saturated rings. The predicted molar refractivity (Wildman–Crippen MR) is 110 cm³/mol. The Bertz CT molecular complexity index is 893. The van der Waals surface area contributed by atoms with Crippen LogP contribution in [0.25, 0.3) is 0 Å². The van der Waals surface area contributed by atoms with Crippen LogP contribution in [0.1, 0.15) is 45.7 Å². The molecule has 1 aromatic carbocycles. The van der Waals surface area contributed by atoms with Crippen LogP contribution in [0.5, 0.6) is 5.75 Å². The minimum absolute atomic E-state index is 0.197. The first-order chi connectivity index (χ1) is 13.9. The molecule has 0 saturated carbocycles. The van der Waals surface area contributed by atoms with Crippen LogP contribution in [0.3, 0.4) is 0 Å². The molecular formula is C23H29NO5. The molecule has 0 aliphatic carbocycles. The smallest absolute Gasteiger partial charge is 0.344 e. The van der Waals surface area contributed by atoms with Crippen LogP contribution >= 0.6 is 0 Å². The lowest BCUT2D eigenvalue weighted by molar-refractivity contribution is -0.144. The molecule has 1 aromatic heterocycles. The van der Waals surface area contributed by atoms with Gasteiger partial charge in [-0.05, 0) is 63.8 Å². The second kappa shape index (κ2) is 9.27. The van der Waals surface area contributed by atoms with Crippen molar-refractivity contribution in [2.24, 2.45) is 0 Å². The molecule has 1 atom stereocenters. The van der Waals surface area contributed by atoms with Crippen molar-refractivity contribution in [1.29, 1.82) is 0 Å². The van der Waals surface area contributed by atoms with Gasteiger partial charge in [-0.25, -0.2) is 4.79 Å². The zero-order valence-electron chi connectivity index (χ0n) is 17.6. The van der Waals surface area contributed by atoms with Crippen molar-refractivity contribution < 1.29 is 23.8 Å². The Morgan fingerprint density at radius 3 is 2.69 bits per heavy atom. The number of carbonyl (C=O) groups excluding carboxylic acids is 2. The van der Waals surface area contributed by atoms with Crippen LogP contribution in [0.2, 0.25) is 0 Å². The number of hydrogen-bond acceptors (Lipinski definition) is 5. The van der Waals surface area contributed by atoms with Crippen LogP contribution < -0.4 is 4.74 Å². The van der Waals surface area contributed by atoms with Gasteiger partial charge in [0.15, 0.2) is 13.2 Å². The van der Waals surface area contributed by atoms with E-state index in [0.29, 0.717) is 11.3 Å². The van der Waals surface area contributed by atoms with Gasteiger partial charge >= 0.3 is 5.97 Å². The molecule has 0 N–H and O–H groups in total. The number of aromatic nitrogens is 1. The van der Waals surface area contributed by atoms with Crippen molar-refractivity contribution in [3.63, 3.8) is 0 Å². The van der Waals surface area contributed by atoms with E-state index in [2.05, 4.69) is 4.57 Å². The summed E-state index contributed by atoms with van der Waals surface area (Å²) in [6, 6.07) is 7.52. The van der Waals surface area contributed by atoms with Crippen LogP contribution in [0, 0.1) is 27.7 Å². The SMILES string of the molecule is Cc1cccc(OCC(=O)OCC(=O)c2cc(C)n(C[C@@H]3CCCO3)c2C)c1C. The van der Waals surface area contributed by atoms with E-state index < -0.39 is 5.97 Å². The molecule has 6 heteroatoms. The summed E-state index contributed by atoms with van der Waals surface area (Å²) >= 11 is 0. The van der Waals surface area contributed by atoms with Gasteiger partial charge in [0, 0.05) is 30.1 Å². The third-order valence-electron chi connectivity index (χ3n) is 5.55. The fraction of sp³-hybridized carbons (Fsp3) is 0.478. The highest BCUT2D eigenvalue weighted by Gasteiger charge is 2.21. The maximum atomic E-state index is 12.6. The molecule has 2 aromatic rings. The van der Waals surface area contributed by atoms with E-state index in [-0.39, 0.29) is 25.1 Å². The second-order valence-corrected chi connectivity index (χ2v) is 7.60. The Hall–Kier alpha value is -2.60. The average Bonchev–Trinajstić information content (AvgIpc) is 3.31. The molecular weight excluding hydrogens is 370 g/mol. The molecule has 1 aliphatic rings. The monoisotopic (exact) mass is 399 g/mol. The van der Waals surface area contributed by atoms with Crippen molar-refractivity contribution in [1.82, 2.24) is 4.57 Å². The summed E-state index contributed by atoms with van der Waals surface area (Å²) < 4.78 is 18.5. The molecule has 1 saturated heterocycles. The molecule has 1 aliphatic heterocycles. The standard InChI is InChI=1S/C23H29NO5/c1-15-7-5-9-22(17(15)3)28-14-23(26)29-13-21(25)20-11-16(2)24(18(20)4)12-19-8-6-10-27-19/h5,7,9,11,19H,6,8,10,12-14H2,1-4H3/t19-/m0/s1. The fourth-order valence-corrected chi connectivity index (χ4v) is 3.64. The van der Waals surface area contributed by atoms with E-state index in [1.54, 1.807) is 0 Å². The Morgan fingerprint density at radius 1 is 1.17 bits per heavy atom. The number of ketones is 1. The van der Waals surface area contributed by atoms with E-state index >= 15 is 0 Å². The molecule has 0 radical (unpaired) electrons. The Labute approximate surface area is 171 Å². The highest BCUT2D eigenvalue weighted by molar-refractivity contribution is 5.99. The quantitative estimate of drug-likeness (QED) is 0.500. The minimum Gasteiger partial charge on any atom is -0.482 e. The highest BCUT2D eigenvalue weighted by Crippen LogP contribution is 2.22. The zero-order valence-corrected chi connectivity index (χ0v) is 17.6. The molecule has 0 spiro atoms. The van der Waals surface area contributed by atoms with Gasteiger partial charge in [0.05, 0.1) is 6.10 Å². The summed E-state index contributed by atoms with van der Waals surface area (Å²) in [5, 5.41) is 0. The first-order valence-corrected chi connectivity index (χ1v) is 10.0. The van der Waals surface area contributed by atoms with Crippen molar-refractivity contribution >= 4 is 11.8 Å². The Kier molecular flexibility index (Phi) is 6.75. The zero-order chi connectivity index (χ0) is 21.0. The molecule has 29 heavy (non-hydrogen) atoms. The maximum absolute atomic E-state index is 12.6. The number of aryl methyl sites for hydroxylation is 2. The van der Waals surface area contributed by atoms with Gasteiger partial charge in [-0.15, -0.1) is 0 Å². The number of carbonyl (C=O) groups is 2. The first-order valence-electron chi connectivity index (χ1n) is 10.0. The lowest BCUT2D eigenvalue weighted by atomic mass is 10.1. The van der Waals surface area contributed by atoms with Crippen molar-refractivity contribution in [2.75, 3.05) is 19.8 Å². The van der Waals surface area contributed by atoms with Gasteiger partial charge < -0.3 is 18.8 Å². The summed E-state index contributed by atoms with van der Waals surface area (Å²) in [5.74, 6) is -0.129. The Balaban J connectivity index is 1.53. The topological polar surface area (TPSA) is 66.8 Å². The third-order valence-corrected chi connectivity index (χ3v) is 5.55. The van der Waals surface area contributed by atoms with Gasteiger partial charge in [0.25, 0.3) is 0 Å². The third kappa shape index (κ3) is 5.07. The molecule has 2 heterocycles. The highest BCUT2D eigenvalue weighted by atomic mass is 16.6. The van der Waals surface area contributed by atoms with E-state index in [4.69, 9.17) is 14.2 Å². The summed E-state index contributed by atoms with van der Waals surface area (Å²) in [4.78, 5) is 24.6. The number of esters is 1. The van der Waals surface area contributed by atoms with E-state index in [9.17, 15) is 9.59 Å². The molecule has 0 unspecified atom stereocenters. The molecule has 156 valence electrons. The second-order valence-electron chi connectivity index (χ2n) is 7.60. The van der Waals surface area contributed by atoms with E-state index in [1.807, 2.05) is 52.0 Å². The molecule has 3 rings (SSSR count). The lowest BCUT2D eigenvalue weighted by Crippen LogP contribution is -2.20. The number of Topliss-reactive ketones (excluding diaryl/α,β-unsaturated/α-hetero) is 1. The van der Waals surface area contributed by atoms with E-state index in [1.165, 1.54) is 0 Å².